The number of benzene rings is 1. The molecule has 1 heterocycles. The molecule has 3 nitrogen and oxygen atoms in total. The van der Waals surface area contributed by atoms with Gasteiger partial charge in [0.1, 0.15) is 5.15 Å². The fourth-order valence-electron chi connectivity index (χ4n) is 1.72. The maximum atomic E-state index is 12.2. The number of hydrogen-bond acceptors (Lipinski definition) is 2. The zero-order chi connectivity index (χ0) is 14.7. The largest absolute Gasteiger partial charge is 0.345 e. The van der Waals surface area contributed by atoms with Gasteiger partial charge < -0.3 is 5.32 Å². The van der Waals surface area contributed by atoms with Crippen LogP contribution in [0, 0.1) is 0 Å². The summed E-state index contributed by atoms with van der Waals surface area (Å²) in [4.78, 5) is 16.2. The molecule has 0 saturated heterocycles. The van der Waals surface area contributed by atoms with Gasteiger partial charge in [0.2, 0.25) is 0 Å². The summed E-state index contributed by atoms with van der Waals surface area (Å²) in [7, 11) is 0. The van der Waals surface area contributed by atoms with Crippen LogP contribution in [0.4, 0.5) is 0 Å². The maximum absolute atomic E-state index is 12.2. The smallest absolute Gasteiger partial charge is 0.254 e. The Hall–Kier alpha value is -0.910. The lowest BCUT2D eigenvalue weighted by Crippen LogP contribution is -2.27. The predicted octanol–water partition coefficient (Wildman–Crippen LogP) is 4.75. The van der Waals surface area contributed by atoms with E-state index < -0.39 is 0 Å². The summed E-state index contributed by atoms with van der Waals surface area (Å²) >= 11 is 12.6. The number of amides is 1. The summed E-state index contributed by atoms with van der Waals surface area (Å²) < 4.78 is 1.68. The molecule has 1 amide bonds. The SMILES string of the molecule is CC(NC(=O)c1cc(Br)cnc1Cl)c1cccc(Br)c1. The number of nitrogens with zero attached hydrogens (tertiary/aromatic N) is 1. The molecule has 0 radical (unpaired) electrons. The highest BCUT2D eigenvalue weighted by Gasteiger charge is 2.15. The van der Waals surface area contributed by atoms with Gasteiger partial charge in [0.05, 0.1) is 11.6 Å². The molecule has 0 bridgehead atoms. The Balaban J connectivity index is 2.17. The quantitative estimate of drug-likeness (QED) is 0.731. The summed E-state index contributed by atoms with van der Waals surface area (Å²) in [5.74, 6) is -0.253. The fourth-order valence-corrected chi connectivity index (χ4v) is 2.65. The van der Waals surface area contributed by atoms with Crippen LogP contribution < -0.4 is 5.32 Å². The number of carbonyl (C=O) groups is 1. The minimum Gasteiger partial charge on any atom is -0.345 e. The van der Waals surface area contributed by atoms with Crippen LogP contribution in [0.5, 0.6) is 0 Å². The molecule has 1 aromatic carbocycles. The molecule has 1 unspecified atom stereocenters. The molecule has 0 aliphatic carbocycles. The van der Waals surface area contributed by atoms with Crippen LogP contribution in [0.1, 0.15) is 28.9 Å². The number of nitrogens with one attached hydrogen (secondary N) is 1. The molecule has 0 aliphatic heterocycles. The van der Waals surface area contributed by atoms with Gasteiger partial charge in [0.15, 0.2) is 0 Å². The van der Waals surface area contributed by atoms with Gasteiger partial charge in [0, 0.05) is 15.1 Å². The number of hydrogen-bond donors (Lipinski definition) is 1. The van der Waals surface area contributed by atoms with E-state index in [-0.39, 0.29) is 17.1 Å². The molecule has 0 spiro atoms. The number of pyridine rings is 1. The maximum Gasteiger partial charge on any atom is 0.254 e. The predicted molar refractivity (Wildman–Crippen MR) is 87.0 cm³/mol. The topological polar surface area (TPSA) is 42.0 Å². The van der Waals surface area contributed by atoms with E-state index in [2.05, 4.69) is 42.2 Å². The molecule has 1 aromatic heterocycles. The highest BCUT2D eigenvalue weighted by atomic mass is 79.9. The Morgan fingerprint density at radius 2 is 2.05 bits per heavy atom. The van der Waals surface area contributed by atoms with Crippen LogP contribution in [-0.2, 0) is 0 Å². The average Bonchev–Trinajstić information content (AvgIpc) is 2.41. The van der Waals surface area contributed by atoms with Crippen molar-refractivity contribution in [3.63, 3.8) is 0 Å². The van der Waals surface area contributed by atoms with Gasteiger partial charge in [-0.05, 0) is 46.6 Å². The van der Waals surface area contributed by atoms with Crippen molar-refractivity contribution in [1.82, 2.24) is 10.3 Å². The minimum absolute atomic E-state index is 0.130. The van der Waals surface area contributed by atoms with Gasteiger partial charge in [-0.15, -0.1) is 0 Å². The van der Waals surface area contributed by atoms with Crippen LogP contribution >= 0.6 is 43.5 Å². The van der Waals surface area contributed by atoms with E-state index in [0.29, 0.717) is 10.0 Å². The van der Waals surface area contributed by atoms with Crippen molar-refractivity contribution in [3.05, 3.63) is 61.8 Å². The fraction of sp³-hybridized carbons (Fsp3) is 0.143. The Morgan fingerprint density at radius 1 is 1.30 bits per heavy atom. The first-order valence-corrected chi connectivity index (χ1v) is 7.81. The molecule has 20 heavy (non-hydrogen) atoms. The van der Waals surface area contributed by atoms with Gasteiger partial charge in [-0.25, -0.2) is 4.98 Å². The zero-order valence-electron chi connectivity index (χ0n) is 10.5. The summed E-state index contributed by atoms with van der Waals surface area (Å²) in [6.07, 6.45) is 1.55. The Kier molecular flexibility index (Phi) is 5.18. The van der Waals surface area contributed by atoms with Crippen molar-refractivity contribution in [1.29, 1.82) is 0 Å². The van der Waals surface area contributed by atoms with Gasteiger partial charge >= 0.3 is 0 Å². The van der Waals surface area contributed by atoms with Crippen LogP contribution in [0.25, 0.3) is 0 Å². The third-order valence-corrected chi connectivity index (χ3v) is 3.97. The van der Waals surface area contributed by atoms with Crippen molar-refractivity contribution < 1.29 is 4.79 Å². The van der Waals surface area contributed by atoms with Crippen molar-refractivity contribution in [2.75, 3.05) is 0 Å². The van der Waals surface area contributed by atoms with E-state index in [1.807, 2.05) is 31.2 Å². The Morgan fingerprint density at radius 3 is 2.75 bits per heavy atom. The monoisotopic (exact) mass is 416 g/mol. The van der Waals surface area contributed by atoms with E-state index >= 15 is 0 Å². The van der Waals surface area contributed by atoms with Crippen LogP contribution in [0.2, 0.25) is 5.15 Å². The summed E-state index contributed by atoms with van der Waals surface area (Å²) in [6, 6.07) is 9.30. The Labute approximate surface area is 139 Å². The van der Waals surface area contributed by atoms with Gasteiger partial charge in [-0.3, -0.25) is 4.79 Å². The van der Waals surface area contributed by atoms with E-state index in [0.717, 1.165) is 10.0 Å². The van der Waals surface area contributed by atoms with Crippen LogP contribution in [0.3, 0.4) is 0 Å². The third kappa shape index (κ3) is 3.81. The molecule has 1 atom stereocenters. The van der Waals surface area contributed by atoms with Crippen LogP contribution in [-0.4, -0.2) is 10.9 Å². The van der Waals surface area contributed by atoms with E-state index in [4.69, 9.17) is 11.6 Å². The second-order valence-corrected chi connectivity index (χ2v) is 6.43. The molecule has 104 valence electrons. The second-order valence-electron chi connectivity index (χ2n) is 4.24. The Bertz CT molecular complexity index is 649. The molecule has 6 heteroatoms. The lowest BCUT2D eigenvalue weighted by atomic mass is 10.1. The van der Waals surface area contributed by atoms with E-state index in [1.54, 1.807) is 12.3 Å². The molecule has 1 N–H and O–H groups in total. The van der Waals surface area contributed by atoms with Crippen molar-refractivity contribution in [2.45, 2.75) is 13.0 Å². The minimum atomic E-state index is -0.253. The number of rotatable bonds is 3. The first kappa shape index (κ1) is 15.5. The van der Waals surface area contributed by atoms with Crippen molar-refractivity contribution >= 4 is 49.4 Å². The van der Waals surface area contributed by atoms with Crippen molar-refractivity contribution in [3.8, 4) is 0 Å². The lowest BCUT2D eigenvalue weighted by Gasteiger charge is -2.15. The molecule has 2 rings (SSSR count). The second kappa shape index (κ2) is 6.70. The number of aromatic nitrogens is 1. The highest BCUT2D eigenvalue weighted by molar-refractivity contribution is 9.10. The summed E-state index contributed by atoms with van der Waals surface area (Å²) in [6.45, 7) is 1.92. The van der Waals surface area contributed by atoms with E-state index in [1.165, 1.54) is 0 Å². The number of carbonyl (C=O) groups excluding carboxylic acids is 1. The molecule has 0 saturated carbocycles. The summed E-state index contributed by atoms with van der Waals surface area (Å²) in [5.41, 5.74) is 1.36. The molecule has 0 fully saturated rings. The first-order valence-electron chi connectivity index (χ1n) is 5.84. The van der Waals surface area contributed by atoms with Gasteiger partial charge in [-0.2, -0.15) is 0 Å². The number of halogens is 3. The average molecular weight is 419 g/mol. The summed E-state index contributed by atoms with van der Waals surface area (Å²) in [5, 5.41) is 3.09. The van der Waals surface area contributed by atoms with Crippen LogP contribution in [0.15, 0.2) is 45.5 Å². The first-order chi connectivity index (χ1) is 9.47. The highest BCUT2D eigenvalue weighted by Crippen LogP contribution is 2.21. The van der Waals surface area contributed by atoms with Crippen molar-refractivity contribution in [2.24, 2.45) is 0 Å². The molecule has 2 aromatic rings. The zero-order valence-corrected chi connectivity index (χ0v) is 14.5. The van der Waals surface area contributed by atoms with Gasteiger partial charge in [-0.1, -0.05) is 39.7 Å². The van der Waals surface area contributed by atoms with E-state index in [9.17, 15) is 4.79 Å². The molecular weight excluding hydrogens is 407 g/mol. The molecule has 0 aliphatic rings. The third-order valence-electron chi connectivity index (χ3n) is 2.75. The normalized spacial score (nSPS) is 12.0. The molecular formula is C14H11Br2ClN2O. The standard InChI is InChI=1S/C14H11Br2ClN2O/c1-8(9-3-2-4-10(15)5-9)19-14(20)12-6-11(16)7-18-13(12)17/h2-8H,1H3,(H,19,20). The lowest BCUT2D eigenvalue weighted by molar-refractivity contribution is 0.0939. The van der Waals surface area contributed by atoms with Gasteiger partial charge in [0.25, 0.3) is 5.91 Å².